The summed E-state index contributed by atoms with van der Waals surface area (Å²) in [5, 5.41) is 5.08. The largest absolute Gasteiger partial charge is 0.454 e. The first kappa shape index (κ1) is 19.8. The summed E-state index contributed by atoms with van der Waals surface area (Å²) in [5.74, 6) is -1.10. The van der Waals surface area contributed by atoms with E-state index in [1.165, 1.54) is 12.1 Å². The van der Waals surface area contributed by atoms with Crippen LogP contribution in [0.4, 0.5) is 0 Å². The highest BCUT2D eigenvalue weighted by Crippen LogP contribution is 2.18. The Balaban J connectivity index is 2.19. The van der Waals surface area contributed by atoms with E-state index < -0.39 is 22.6 Å². The number of ether oxygens (including phenoxy) is 1. The molecule has 0 saturated heterocycles. The van der Waals surface area contributed by atoms with Gasteiger partial charge in [-0.25, -0.2) is 18.4 Å². The van der Waals surface area contributed by atoms with Crippen molar-refractivity contribution in [3.8, 4) is 0 Å². The minimum absolute atomic E-state index is 0.0566. The molecule has 2 aromatic rings. The predicted molar refractivity (Wildman–Crippen MR) is 97.8 cm³/mol. The molecule has 2 aromatic carbocycles. The minimum Gasteiger partial charge on any atom is -0.454 e. The third-order valence-electron chi connectivity index (χ3n) is 4.23. The maximum Gasteiger partial charge on any atom is 0.338 e. The van der Waals surface area contributed by atoms with Gasteiger partial charge in [-0.3, -0.25) is 4.79 Å². The fourth-order valence-electron chi connectivity index (χ4n) is 2.55. The lowest BCUT2D eigenvalue weighted by Crippen LogP contribution is -2.17. The van der Waals surface area contributed by atoms with E-state index in [9.17, 15) is 18.0 Å². The quantitative estimate of drug-likeness (QED) is 0.639. The van der Waals surface area contributed by atoms with Gasteiger partial charge in [-0.15, -0.1) is 0 Å². The van der Waals surface area contributed by atoms with Gasteiger partial charge in [0.25, 0.3) is 0 Å². The Bertz CT molecular complexity index is 993. The smallest absolute Gasteiger partial charge is 0.338 e. The molecule has 2 N–H and O–H groups in total. The predicted octanol–water partition coefficient (Wildman–Crippen LogP) is 2.61. The van der Waals surface area contributed by atoms with E-state index in [0.29, 0.717) is 11.1 Å². The van der Waals surface area contributed by atoms with Crippen LogP contribution in [0.15, 0.2) is 35.2 Å². The third-order valence-corrected chi connectivity index (χ3v) is 5.14. The number of nitrogens with two attached hydrogens (primary N) is 1. The number of carbonyl (C=O) groups is 2. The summed E-state index contributed by atoms with van der Waals surface area (Å²) in [6, 6.07) is 7.60. The molecule has 26 heavy (non-hydrogen) atoms. The summed E-state index contributed by atoms with van der Waals surface area (Å²) in [4.78, 5) is 24.5. The maximum atomic E-state index is 12.4. The first-order valence-electron chi connectivity index (χ1n) is 7.92. The third kappa shape index (κ3) is 4.36. The van der Waals surface area contributed by atoms with E-state index in [-0.39, 0.29) is 16.2 Å². The van der Waals surface area contributed by atoms with Crippen LogP contribution in [0.3, 0.4) is 0 Å². The molecule has 0 aliphatic heterocycles. The molecule has 0 saturated carbocycles. The molecule has 0 aromatic heterocycles. The van der Waals surface area contributed by atoms with E-state index in [0.717, 1.165) is 22.8 Å². The summed E-state index contributed by atoms with van der Waals surface area (Å²) in [6.45, 7) is 6.89. The van der Waals surface area contributed by atoms with Crippen LogP contribution in [-0.2, 0) is 14.8 Å². The molecular formula is C19H21NO5S. The van der Waals surface area contributed by atoms with Crippen molar-refractivity contribution < 1.29 is 22.7 Å². The van der Waals surface area contributed by atoms with Gasteiger partial charge in [-0.05, 0) is 68.1 Å². The van der Waals surface area contributed by atoms with Crippen LogP contribution in [0, 0.1) is 27.7 Å². The van der Waals surface area contributed by atoms with Crippen molar-refractivity contribution in [3.63, 3.8) is 0 Å². The average Bonchev–Trinajstić information content (AvgIpc) is 2.55. The van der Waals surface area contributed by atoms with Crippen LogP contribution < -0.4 is 5.14 Å². The molecule has 0 unspecified atom stereocenters. The van der Waals surface area contributed by atoms with Gasteiger partial charge in [-0.1, -0.05) is 12.1 Å². The number of benzene rings is 2. The first-order valence-corrected chi connectivity index (χ1v) is 9.47. The van der Waals surface area contributed by atoms with Crippen molar-refractivity contribution in [3.05, 3.63) is 63.7 Å². The Morgan fingerprint density at radius 1 is 0.885 bits per heavy atom. The summed E-state index contributed by atoms with van der Waals surface area (Å²) in [5.41, 5.74) is 3.93. The van der Waals surface area contributed by atoms with Gasteiger partial charge in [-0.2, -0.15) is 0 Å². The molecule has 0 fully saturated rings. The normalized spacial score (nSPS) is 11.3. The van der Waals surface area contributed by atoms with Crippen molar-refractivity contribution >= 4 is 21.8 Å². The Morgan fingerprint density at radius 2 is 1.50 bits per heavy atom. The summed E-state index contributed by atoms with van der Waals surface area (Å²) in [6.07, 6.45) is 0. The highest BCUT2D eigenvalue weighted by atomic mass is 32.2. The number of rotatable bonds is 5. The van der Waals surface area contributed by atoms with Gasteiger partial charge < -0.3 is 4.74 Å². The van der Waals surface area contributed by atoms with Crippen LogP contribution in [0.2, 0.25) is 0 Å². The van der Waals surface area contributed by atoms with E-state index >= 15 is 0 Å². The lowest BCUT2D eigenvalue weighted by atomic mass is 9.98. The molecule has 0 bridgehead atoms. The van der Waals surface area contributed by atoms with E-state index in [1.54, 1.807) is 13.0 Å². The fourth-order valence-corrected chi connectivity index (χ4v) is 3.09. The molecule has 0 aliphatic carbocycles. The van der Waals surface area contributed by atoms with Crippen LogP contribution in [0.1, 0.15) is 43.0 Å². The van der Waals surface area contributed by atoms with Crippen molar-refractivity contribution in [2.45, 2.75) is 32.6 Å². The monoisotopic (exact) mass is 375 g/mol. The zero-order valence-electron chi connectivity index (χ0n) is 15.1. The Labute approximate surface area is 153 Å². The molecule has 0 spiro atoms. The van der Waals surface area contributed by atoms with Crippen molar-refractivity contribution in [1.29, 1.82) is 0 Å². The fraction of sp³-hybridized carbons (Fsp3) is 0.263. The molecule has 0 heterocycles. The minimum atomic E-state index is -3.94. The van der Waals surface area contributed by atoms with Gasteiger partial charge in [0.2, 0.25) is 15.8 Å². The number of carbonyl (C=O) groups excluding carboxylic acids is 2. The SMILES string of the molecule is Cc1cc(C)c(C(=O)COC(=O)c2cc(S(N)(=O)=O)ccc2C)cc1C. The second-order valence-electron chi connectivity index (χ2n) is 6.27. The van der Waals surface area contributed by atoms with Crippen LogP contribution in [0.5, 0.6) is 0 Å². The number of hydrogen-bond acceptors (Lipinski definition) is 5. The van der Waals surface area contributed by atoms with E-state index in [2.05, 4.69) is 0 Å². The molecule has 7 heteroatoms. The second kappa shape index (κ2) is 7.39. The molecule has 0 amide bonds. The summed E-state index contributed by atoms with van der Waals surface area (Å²) >= 11 is 0. The topological polar surface area (TPSA) is 104 Å². The summed E-state index contributed by atoms with van der Waals surface area (Å²) in [7, 11) is -3.94. The standard InChI is InChI=1S/C19H21NO5S/c1-11-5-6-15(26(20,23)24)9-17(11)19(22)25-10-18(21)16-8-13(3)12(2)7-14(16)4/h5-9H,10H2,1-4H3,(H2,20,23,24). The number of primary sulfonamides is 1. The number of sulfonamides is 1. The van der Waals surface area contributed by atoms with Crippen molar-refractivity contribution in [2.75, 3.05) is 6.61 Å². The first-order chi connectivity index (χ1) is 12.0. The van der Waals surface area contributed by atoms with Crippen LogP contribution >= 0.6 is 0 Å². The molecule has 0 atom stereocenters. The van der Waals surface area contributed by atoms with E-state index in [1.807, 2.05) is 26.8 Å². The van der Waals surface area contributed by atoms with Gasteiger partial charge in [0.15, 0.2) is 6.61 Å². The zero-order valence-corrected chi connectivity index (χ0v) is 15.9. The number of aryl methyl sites for hydroxylation is 4. The molecule has 2 rings (SSSR count). The number of Topliss-reactive ketones (excluding diaryl/α,β-unsaturated/α-hetero) is 1. The van der Waals surface area contributed by atoms with Gasteiger partial charge >= 0.3 is 5.97 Å². The lowest BCUT2D eigenvalue weighted by Gasteiger charge is -2.11. The zero-order chi connectivity index (χ0) is 19.6. The average molecular weight is 375 g/mol. The van der Waals surface area contributed by atoms with E-state index in [4.69, 9.17) is 9.88 Å². The Hall–Kier alpha value is -2.51. The second-order valence-corrected chi connectivity index (χ2v) is 7.83. The number of hydrogen-bond donors (Lipinski definition) is 1. The number of esters is 1. The van der Waals surface area contributed by atoms with Crippen LogP contribution in [0.25, 0.3) is 0 Å². The molecule has 0 radical (unpaired) electrons. The van der Waals surface area contributed by atoms with Crippen LogP contribution in [-0.4, -0.2) is 26.8 Å². The Morgan fingerprint density at radius 3 is 2.12 bits per heavy atom. The Kier molecular flexibility index (Phi) is 5.63. The van der Waals surface area contributed by atoms with Crippen molar-refractivity contribution in [1.82, 2.24) is 0 Å². The molecular weight excluding hydrogens is 354 g/mol. The molecule has 138 valence electrons. The molecule has 6 nitrogen and oxygen atoms in total. The highest BCUT2D eigenvalue weighted by Gasteiger charge is 2.18. The number of ketones is 1. The van der Waals surface area contributed by atoms with Gasteiger partial charge in [0.05, 0.1) is 10.5 Å². The lowest BCUT2D eigenvalue weighted by molar-refractivity contribution is 0.0473. The maximum absolute atomic E-state index is 12.4. The van der Waals surface area contributed by atoms with Gasteiger partial charge in [0, 0.05) is 5.56 Å². The van der Waals surface area contributed by atoms with Crippen molar-refractivity contribution in [2.24, 2.45) is 5.14 Å². The molecule has 0 aliphatic rings. The summed E-state index contributed by atoms with van der Waals surface area (Å²) < 4.78 is 28.0. The highest BCUT2D eigenvalue weighted by molar-refractivity contribution is 7.89. The van der Waals surface area contributed by atoms with Gasteiger partial charge in [0.1, 0.15) is 0 Å².